The van der Waals surface area contributed by atoms with Gasteiger partial charge >= 0.3 is 12.1 Å². The van der Waals surface area contributed by atoms with Crippen molar-refractivity contribution in [2.24, 2.45) is 0 Å². The summed E-state index contributed by atoms with van der Waals surface area (Å²) in [6.45, 7) is 8.17. The number of hydrogen-bond donors (Lipinski definition) is 3. The van der Waals surface area contributed by atoms with Crippen molar-refractivity contribution in [1.29, 1.82) is 0 Å². The Kier molecular flexibility index (Phi) is 8.82. The zero-order valence-corrected chi connectivity index (χ0v) is 25.5. The summed E-state index contributed by atoms with van der Waals surface area (Å²) in [4.78, 5) is 53.3. The Morgan fingerprint density at radius 1 is 1.05 bits per heavy atom. The van der Waals surface area contributed by atoms with Crippen molar-refractivity contribution in [3.63, 3.8) is 0 Å². The second kappa shape index (κ2) is 12.6. The van der Waals surface area contributed by atoms with Gasteiger partial charge in [0.25, 0.3) is 0 Å². The highest BCUT2D eigenvalue weighted by Gasteiger charge is 2.30. The number of aromatic nitrogens is 1. The average molecular weight is 606 g/mol. The minimum absolute atomic E-state index is 0.127. The van der Waals surface area contributed by atoms with Crippen LogP contribution in [0.4, 0.5) is 10.5 Å². The molecule has 2 aliphatic heterocycles. The third-order valence-corrected chi connectivity index (χ3v) is 7.92. The molecule has 0 saturated carbocycles. The number of fused-ring (bicyclic) bond motifs is 1. The third kappa shape index (κ3) is 6.80. The Labute approximate surface area is 255 Å². The van der Waals surface area contributed by atoms with E-state index in [9.17, 15) is 24.3 Å². The van der Waals surface area contributed by atoms with Gasteiger partial charge in [-0.3, -0.25) is 14.9 Å². The zero-order valence-electron chi connectivity index (χ0n) is 25.5. The van der Waals surface area contributed by atoms with Crippen LogP contribution in [0.1, 0.15) is 55.2 Å². The number of piperazine rings is 1. The summed E-state index contributed by atoms with van der Waals surface area (Å²) in [5.41, 5.74) is 2.67. The molecule has 44 heavy (non-hydrogen) atoms. The molecule has 3 amide bonds. The van der Waals surface area contributed by atoms with E-state index in [1.165, 1.54) is 0 Å². The van der Waals surface area contributed by atoms with Crippen LogP contribution in [0.25, 0.3) is 10.9 Å². The van der Waals surface area contributed by atoms with Gasteiger partial charge in [-0.2, -0.15) is 0 Å². The molecule has 1 aromatic heterocycles. The molecule has 3 heterocycles. The van der Waals surface area contributed by atoms with Gasteiger partial charge < -0.3 is 34.3 Å². The summed E-state index contributed by atoms with van der Waals surface area (Å²) < 4.78 is 12.6. The molecule has 1 unspecified atom stereocenters. The molecule has 12 nitrogen and oxygen atoms in total. The van der Waals surface area contributed by atoms with Gasteiger partial charge in [0.1, 0.15) is 17.0 Å². The number of benzene rings is 2. The van der Waals surface area contributed by atoms with Crippen LogP contribution in [0.15, 0.2) is 42.5 Å². The fourth-order valence-electron chi connectivity index (χ4n) is 5.69. The highest BCUT2D eigenvalue weighted by atomic mass is 16.6. The van der Waals surface area contributed by atoms with Gasteiger partial charge in [-0.25, -0.2) is 9.59 Å². The number of nitrogens with one attached hydrogen (secondary N) is 2. The number of ether oxygens (including phenoxy) is 2. The van der Waals surface area contributed by atoms with E-state index in [-0.39, 0.29) is 30.7 Å². The lowest BCUT2D eigenvalue weighted by atomic mass is 10.0. The van der Waals surface area contributed by atoms with Gasteiger partial charge in [0, 0.05) is 62.3 Å². The predicted octanol–water partition coefficient (Wildman–Crippen LogP) is 3.35. The summed E-state index contributed by atoms with van der Waals surface area (Å²) >= 11 is 0. The van der Waals surface area contributed by atoms with Crippen LogP contribution in [0, 0.1) is 0 Å². The van der Waals surface area contributed by atoms with Gasteiger partial charge in [-0.1, -0.05) is 18.2 Å². The summed E-state index contributed by atoms with van der Waals surface area (Å²) in [5.74, 6) is -1.10. The number of rotatable bonds is 8. The maximum Gasteiger partial charge on any atom is 0.410 e. The fourth-order valence-corrected chi connectivity index (χ4v) is 5.69. The van der Waals surface area contributed by atoms with Crippen molar-refractivity contribution in [3.05, 3.63) is 59.3 Å². The Morgan fingerprint density at radius 2 is 1.75 bits per heavy atom. The molecule has 2 aromatic carbocycles. The maximum atomic E-state index is 12.8. The quantitative estimate of drug-likeness (QED) is 0.330. The first-order valence-electron chi connectivity index (χ1n) is 14.7. The lowest BCUT2D eigenvalue weighted by Crippen LogP contribution is -2.50. The normalized spacial score (nSPS) is 17.5. The van der Waals surface area contributed by atoms with Crippen LogP contribution < -0.4 is 20.3 Å². The minimum Gasteiger partial charge on any atom is -0.497 e. The summed E-state index contributed by atoms with van der Waals surface area (Å²) in [7, 11) is 1.59. The Bertz CT molecular complexity index is 1570. The summed E-state index contributed by atoms with van der Waals surface area (Å²) in [6, 6.07) is 12.7. The molecule has 2 fully saturated rings. The molecule has 12 heteroatoms. The number of nitrogens with zero attached hydrogens (tertiary/aromatic N) is 3. The molecule has 0 bridgehead atoms. The van der Waals surface area contributed by atoms with E-state index < -0.39 is 23.5 Å². The number of methoxy groups -OCH3 is 1. The van der Waals surface area contributed by atoms with Crippen molar-refractivity contribution in [1.82, 2.24) is 20.1 Å². The molecule has 0 aliphatic carbocycles. The van der Waals surface area contributed by atoms with E-state index in [2.05, 4.69) is 15.5 Å². The maximum absolute atomic E-state index is 12.8. The van der Waals surface area contributed by atoms with E-state index in [0.717, 1.165) is 22.2 Å². The van der Waals surface area contributed by atoms with Gasteiger partial charge in [0.2, 0.25) is 11.8 Å². The Hall–Kier alpha value is -4.58. The monoisotopic (exact) mass is 605 g/mol. The smallest absolute Gasteiger partial charge is 0.410 e. The minimum atomic E-state index is -1.08. The summed E-state index contributed by atoms with van der Waals surface area (Å²) in [5, 5.41) is 16.7. The predicted molar refractivity (Wildman–Crippen MR) is 164 cm³/mol. The Morgan fingerprint density at radius 3 is 2.36 bits per heavy atom. The van der Waals surface area contributed by atoms with Crippen LogP contribution in [0.2, 0.25) is 0 Å². The van der Waals surface area contributed by atoms with E-state index in [1.807, 2.05) is 63.2 Å². The number of amides is 3. The number of aromatic carboxylic acids is 1. The molecular weight excluding hydrogens is 566 g/mol. The van der Waals surface area contributed by atoms with E-state index in [0.29, 0.717) is 50.5 Å². The third-order valence-electron chi connectivity index (χ3n) is 7.92. The first-order chi connectivity index (χ1) is 20.9. The Balaban J connectivity index is 1.47. The second-order valence-corrected chi connectivity index (χ2v) is 12.1. The molecule has 2 aliphatic rings. The SMILES string of the molecule is COc1ccc(Cn2c(C(=O)O)c(CNC3CCC(=O)NC3=O)c3ccc(N4CCN(C(=O)OC(C)(C)C)CC4)cc32)cc1. The highest BCUT2D eigenvalue weighted by molar-refractivity contribution is 6.01. The van der Waals surface area contributed by atoms with E-state index in [4.69, 9.17) is 9.47 Å². The lowest BCUT2D eigenvalue weighted by molar-refractivity contribution is -0.134. The molecule has 0 spiro atoms. The molecule has 0 radical (unpaired) electrons. The van der Waals surface area contributed by atoms with Crippen molar-refractivity contribution >= 4 is 40.5 Å². The number of hydrogen-bond acceptors (Lipinski definition) is 8. The first kappa shape index (κ1) is 30.9. The van der Waals surface area contributed by atoms with Gasteiger partial charge in [0.15, 0.2) is 0 Å². The van der Waals surface area contributed by atoms with Crippen molar-refractivity contribution < 1.29 is 33.8 Å². The number of carboxylic acid groups (broad SMARTS) is 1. The molecule has 1 atom stereocenters. The number of imide groups is 1. The average Bonchev–Trinajstić information content (AvgIpc) is 3.28. The zero-order chi connectivity index (χ0) is 31.6. The van der Waals surface area contributed by atoms with Gasteiger partial charge in [-0.15, -0.1) is 0 Å². The van der Waals surface area contributed by atoms with Crippen molar-refractivity contribution in [3.8, 4) is 5.75 Å². The lowest BCUT2D eigenvalue weighted by Gasteiger charge is -2.36. The van der Waals surface area contributed by atoms with Crippen LogP contribution in [0.3, 0.4) is 0 Å². The number of carbonyl (C=O) groups excluding carboxylic acids is 3. The van der Waals surface area contributed by atoms with Crippen molar-refractivity contribution in [2.75, 3.05) is 38.2 Å². The molecule has 3 aromatic rings. The topological polar surface area (TPSA) is 142 Å². The van der Waals surface area contributed by atoms with E-state index >= 15 is 0 Å². The fraction of sp³-hybridized carbons (Fsp3) is 0.438. The standard InChI is InChI=1S/C32H39N5O7/c1-32(2,3)44-31(42)36-15-13-35(14-16-36)21-7-10-23-24(18-33-25-11-12-27(38)34-29(25)39)28(30(40)41)37(26(23)17-21)19-20-5-8-22(43-4)9-6-20/h5-10,17,25,33H,11-16,18-19H2,1-4H3,(H,40,41)(H,34,38,39). The van der Waals surface area contributed by atoms with Gasteiger partial charge in [0.05, 0.1) is 18.7 Å². The van der Waals surface area contributed by atoms with Crippen LogP contribution in [-0.4, -0.2) is 83.4 Å². The molecule has 2 saturated heterocycles. The molecule has 5 rings (SSSR count). The molecule has 3 N–H and O–H groups in total. The highest BCUT2D eigenvalue weighted by Crippen LogP contribution is 2.32. The molecule has 234 valence electrons. The number of piperidine rings is 1. The largest absolute Gasteiger partial charge is 0.497 e. The van der Waals surface area contributed by atoms with Crippen LogP contribution in [-0.2, 0) is 27.4 Å². The number of carbonyl (C=O) groups is 4. The van der Waals surface area contributed by atoms with E-state index in [1.54, 1.807) is 16.6 Å². The van der Waals surface area contributed by atoms with Gasteiger partial charge in [-0.05, 0) is 57.0 Å². The first-order valence-corrected chi connectivity index (χ1v) is 14.7. The number of carboxylic acids is 1. The second-order valence-electron chi connectivity index (χ2n) is 12.1. The number of anilines is 1. The summed E-state index contributed by atoms with van der Waals surface area (Å²) in [6.07, 6.45) is 0.232. The van der Waals surface area contributed by atoms with Crippen molar-refractivity contribution in [2.45, 2.75) is 58.3 Å². The molecular formula is C32H39N5O7. The van der Waals surface area contributed by atoms with Crippen LogP contribution >= 0.6 is 0 Å². The van der Waals surface area contributed by atoms with Crippen LogP contribution in [0.5, 0.6) is 5.75 Å².